The molecule has 28 heavy (non-hydrogen) atoms. The summed E-state index contributed by atoms with van der Waals surface area (Å²) in [6, 6.07) is 6.42. The molecule has 1 saturated heterocycles. The van der Waals surface area contributed by atoms with E-state index in [9.17, 15) is 14.0 Å². The Morgan fingerprint density at radius 3 is 3.00 bits per heavy atom. The van der Waals surface area contributed by atoms with Gasteiger partial charge in [-0.05, 0) is 37.0 Å². The molecule has 0 aliphatic carbocycles. The predicted octanol–water partition coefficient (Wildman–Crippen LogP) is 2.98. The summed E-state index contributed by atoms with van der Waals surface area (Å²) in [7, 11) is 0. The number of piperidine rings is 1. The SMILES string of the molecule is CCc1csc(CCNC(=O)[C@H]2CCC(=O)N(CCc3cccc(F)c3)C2)n1. The second-order valence-electron chi connectivity index (χ2n) is 7.08. The largest absolute Gasteiger partial charge is 0.355 e. The molecule has 1 aromatic carbocycles. The van der Waals surface area contributed by atoms with Gasteiger partial charge in [-0.25, -0.2) is 9.37 Å². The van der Waals surface area contributed by atoms with Crippen molar-refractivity contribution in [2.45, 2.75) is 39.0 Å². The number of halogens is 1. The second kappa shape index (κ2) is 9.78. The molecule has 150 valence electrons. The summed E-state index contributed by atoms with van der Waals surface area (Å²) >= 11 is 1.63. The van der Waals surface area contributed by atoms with E-state index >= 15 is 0 Å². The van der Waals surface area contributed by atoms with Crippen molar-refractivity contribution >= 4 is 23.2 Å². The minimum atomic E-state index is -0.272. The molecule has 0 saturated carbocycles. The fraction of sp³-hybridized carbons (Fsp3) is 0.476. The molecular formula is C21H26FN3O2S. The fourth-order valence-electron chi connectivity index (χ4n) is 3.36. The highest BCUT2D eigenvalue weighted by molar-refractivity contribution is 7.09. The molecule has 5 nitrogen and oxygen atoms in total. The molecule has 1 aliphatic heterocycles. The van der Waals surface area contributed by atoms with Crippen LogP contribution >= 0.6 is 11.3 Å². The van der Waals surface area contributed by atoms with Crippen LogP contribution in [0.4, 0.5) is 4.39 Å². The number of carbonyl (C=O) groups is 2. The zero-order valence-corrected chi connectivity index (χ0v) is 16.9. The number of rotatable bonds is 8. The summed E-state index contributed by atoms with van der Waals surface area (Å²) in [5, 5.41) is 6.08. The zero-order valence-electron chi connectivity index (χ0n) is 16.1. The topological polar surface area (TPSA) is 62.3 Å². The number of thiazole rings is 1. The van der Waals surface area contributed by atoms with Gasteiger partial charge in [-0.2, -0.15) is 0 Å². The smallest absolute Gasteiger partial charge is 0.224 e. The average molecular weight is 404 g/mol. The molecule has 2 amide bonds. The van der Waals surface area contributed by atoms with Crippen LogP contribution in [0.15, 0.2) is 29.6 Å². The molecule has 3 rings (SSSR count). The molecule has 0 radical (unpaired) electrons. The van der Waals surface area contributed by atoms with Gasteiger partial charge >= 0.3 is 0 Å². The van der Waals surface area contributed by atoms with E-state index in [1.165, 1.54) is 12.1 Å². The van der Waals surface area contributed by atoms with Crippen LogP contribution < -0.4 is 5.32 Å². The maximum Gasteiger partial charge on any atom is 0.224 e. The van der Waals surface area contributed by atoms with Crippen molar-refractivity contribution in [2.24, 2.45) is 5.92 Å². The fourth-order valence-corrected chi connectivity index (χ4v) is 4.25. The van der Waals surface area contributed by atoms with Gasteiger partial charge in [0.05, 0.1) is 16.6 Å². The predicted molar refractivity (Wildman–Crippen MR) is 108 cm³/mol. The van der Waals surface area contributed by atoms with E-state index in [4.69, 9.17) is 0 Å². The number of amides is 2. The van der Waals surface area contributed by atoms with Gasteiger partial charge in [-0.1, -0.05) is 19.1 Å². The summed E-state index contributed by atoms with van der Waals surface area (Å²) in [5.74, 6) is -0.399. The number of nitrogens with one attached hydrogen (secondary N) is 1. The molecule has 1 atom stereocenters. The van der Waals surface area contributed by atoms with Crippen LogP contribution in [0.1, 0.15) is 36.0 Å². The minimum absolute atomic E-state index is 0.00414. The number of likely N-dealkylation sites (tertiary alicyclic amines) is 1. The highest BCUT2D eigenvalue weighted by Crippen LogP contribution is 2.19. The van der Waals surface area contributed by atoms with Crippen LogP contribution in [0.2, 0.25) is 0 Å². The molecule has 2 heterocycles. The normalized spacial score (nSPS) is 17.0. The van der Waals surface area contributed by atoms with E-state index in [0.29, 0.717) is 38.9 Å². The number of aromatic nitrogens is 1. The van der Waals surface area contributed by atoms with Crippen LogP contribution in [0.5, 0.6) is 0 Å². The van der Waals surface area contributed by atoms with Crippen molar-refractivity contribution in [1.82, 2.24) is 15.2 Å². The van der Waals surface area contributed by atoms with Crippen molar-refractivity contribution < 1.29 is 14.0 Å². The van der Waals surface area contributed by atoms with Gasteiger partial charge in [0.2, 0.25) is 11.8 Å². The summed E-state index contributed by atoms with van der Waals surface area (Å²) in [6.07, 6.45) is 3.20. The Hall–Kier alpha value is -2.28. The Morgan fingerprint density at radius 1 is 1.39 bits per heavy atom. The van der Waals surface area contributed by atoms with Gasteiger partial charge in [0.15, 0.2) is 0 Å². The first kappa shape index (κ1) is 20.5. The van der Waals surface area contributed by atoms with E-state index in [1.807, 2.05) is 6.07 Å². The van der Waals surface area contributed by atoms with Crippen molar-refractivity contribution in [3.8, 4) is 0 Å². The number of carbonyl (C=O) groups excluding carboxylic acids is 2. The summed E-state index contributed by atoms with van der Waals surface area (Å²) in [6.45, 7) is 3.57. The lowest BCUT2D eigenvalue weighted by atomic mass is 9.96. The van der Waals surface area contributed by atoms with E-state index in [-0.39, 0.29) is 23.5 Å². The van der Waals surface area contributed by atoms with Crippen molar-refractivity contribution in [3.05, 3.63) is 51.7 Å². The Kier molecular flexibility index (Phi) is 7.14. The van der Waals surface area contributed by atoms with Crippen molar-refractivity contribution in [2.75, 3.05) is 19.6 Å². The third kappa shape index (κ3) is 5.61. The van der Waals surface area contributed by atoms with Crippen molar-refractivity contribution in [3.63, 3.8) is 0 Å². The molecular weight excluding hydrogens is 377 g/mol. The number of hydrogen-bond acceptors (Lipinski definition) is 4. The summed E-state index contributed by atoms with van der Waals surface area (Å²) < 4.78 is 13.3. The standard InChI is InChI=1S/C21H26FN3O2S/c1-2-18-14-28-19(24-18)8-10-23-21(27)16-6-7-20(26)25(13-16)11-9-15-4-3-5-17(22)12-15/h3-5,12,14,16H,2,6-11,13H2,1H3,(H,23,27)/t16-/m0/s1. The molecule has 7 heteroatoms. The van der Waals surface area contributed by atoms with Gasteiger partial charge in [-0.15, -0.1) is 11.3 Å². The first-order valence-corrected chi connectivity index (χ1v) is 10.7. The first-order valence-electron chi connectivity index (χ1n) is 9.78. The lowest BCUT2D eigenvalue weighted by molar-refractivity contribution is -0.138. The zero-order chi connectivity index (χ0) is 19.9. The maximum atomic E-state index is 13.3. The summed E-state index contributed by atoms with van der Waals surface area (Å²) in [4.78, 5) is 30.9. The lowest BCUT2D eigenvalue weighted by Crippen LogP contribution is -2.46. The van der Waals surface area contributed by atoms with Crippen LogP contribution in [0.25, 0.3) is 0 Å². The second-order valence-corrected chi connectivity index (χ2v) is 8.03. The monoisotopic (exact) mass is 403 g/mol. The first-order chi connectivity index (χ1) is 13.5. The Bertz CT molecular complexity index is 823. The van der Waals surface area contributed by atoms with Crippen molar-refractivity contribution in [1.29, 1.82) is 0 Å². The molecule has 0 unspecified atom stereocenters. The Morgan fingerprint density at radius 2 is 2.25 bits per heavy atom. The average Bonchev–Trinajstić information content (AvgIpc) is 3.15. The highest BCUT2D eigenvalue weighted by Gasteiger charge is 2.29. The number of benzene rings is 1. The van der Waals surface area contributed by atoms with E-state index < -0.39 is 0 Å². The van der Waals surface area contributed by atoms with Crippen LogP contribution in [0, 0.1) is 11.7 Å². The van der Waals surface area contributed by atoms with Gasteiger partial charge in [0.1, 0.15) is 5.82 Å². The van der Waals surface area contributed by atoms with Crippen LogP contribution in [0.3, 0.4) is 0 Å². The number of hydrogen-bond donors (Lipinski definition) is 1. The number of aryl methyl sites for hydroxylation is 1. The molecule has 1 aliphatic rings. The molecule has 1 fully saturated rings. The van der Waals surface area contributed by atoms with Gasteiger partial charge in [-0.3, -0.25) is 9.59 Å². The molecule has 2 aromatic rings. The van der Waals surface area contributed by atoms with Crippen LogP contribution in [-0.2, 0) is 28.9 Å². The van der Waals surface area contributed by atoms with Crippen LogP contribution in [-0.4, -0.2) is 41.3 Å². The number of nitrogens with zero attached hydrogens (tertiary/aromatic N) is 2. The van der Waals surface area contributed by atoms with E-state index in [1.54, 1.807) is 22.3 Å². The van der Waals surface area contributed by atoms with E-state index in [0.717, 1.165) is 29.1 Å². The van der Waals surface area contributed by atoms with Gasteiger partial charge < -0.3 is 10.2 Å². The summed E-state index contributed by atoms with van der Waals surface area (Å²) in [5.41, 5.74) is 1.94. The quantitative estimate of drug-likeness (QED) is 0.737. The maximum absolute atomic E-state index is 13.3. The Labute approximate surface area is 169 Å². The van der Waals surface area contributed by atoms with E-state index in [2.05, 4.69) is 22.6 Å². The third-order valence-corrected chi connectivity index (χ3v) is 5.99. The highest BCUT2D eigenvalue weighted by atomic mass is 32.1. The minimum Gasteiger partial charge on any atom is -0.355 e. The van der Waals surface area contributed by atoms with Gasteiger partial charge in [0, 0.05) is 37.9 Å². The molecule has 1 aromatic heterocycles. The molecule has 0 spiro atoms. The Balaban J connectivity index is 1.45. The lowest BCUT2D eigenvalue weighted by Gasteiger charge is -2.32. The molecule has 1 N–H and O–H groups in total. The third-order valence-electron chi connectivity index (χ3n) is 5.03. The molecule has 0 bridgehead atoms. The van der Waals surface area contributed by atoms with Gasteiger partial charge in [0.25, 0.3) is 0 Å².